The van der Waals surface area contributed by atoms with E-state index >= 15 is 0 Å². The molecular weight excluding hydrogens is 276 g/mol. The predicted octanol–water partition coefficient (Wildman–Crippen LogP) is 1.98. The number of piperidine rings is 1. The van der Waals surface area contributed by atoms with Crippen LogP contribution >= 0.6 is 11.6 Å². The smallest absolute Gasteiger partial charge is 0.226 e. The van der Waals surface area contributed by atoms with E-state index in [0.29, 0.717) is 12.1 Å². The Morgan fingerprint density at radius 3 is 2.75 bits per heavy atom. The van der Waals surface area contributed by atoms with E-state index in [1.807, 2.05) is 6.33 Å². The van der Waals surface area contributed by atoms with E-state index in [1.165, 1.54) is 12.8 Å². The molecule has 3 heterocycles. The van der Waals surface area contributed by atoms with Crippen LogP contribution in [0.5, 0.6) is 0 Å². The molecule has 1 aliphatic heterocycles. The van der Waals surface area contributed by atoms with Crippen LogP contribution in [0.15, 0.2) is 6.33 Å². The van der Waals surface area contributed by atoms with Crippen molar-refractivity contribution < 1.29 is 0 Å². The minimum Gasteiger partial charge on any atom is -0.365 e. The molecule has 1 aliphatic carbocycles. The average Bonchev–Trinajstić information content (AvgIpc) is 3.17. The highest BCUT2D eigenvalue weighted by molar-refractivity contribution is 6.28. The first-order chi connectivity index (χ1) is 9.81. The van der Waals surface area contributed by atoms with Crippen LogP contribution in [0, 0.1) is 0 Å². The lowest BCUT2D eigenvalue weighted by molar-refractivity contribution is 0.373. The number of aromatic nitrogens is 4. The Morgan fingerprint density at radius 2 is 2.00 bits per heavy atom. The van der Waals surface area contributed by atoms with Gasteiger partial charge in [-0.25, -0.2) is 4.98 Å². The van der Waals surface area contributed by atoms with Crippen LogP contribution in [0.4, 0.5) is 5.82 Å². The summed E-state index contributed by atoms with van der Waals surface area (Å²) in [4.78, 5) is 13.2. The molecule has 1 saturated heterocycles. The summed E-state index contributed by atoms with van der Waals surface area (Å²) in [6.45, 7) is 2.08. The molecule has 0 radical (unpaired) electrons. The zero-order valence-electron chi connectivity index (χ0n) is 11.1. The lowest BCUT2D eigenvalue weighted by Crippen LogP contribution is -2.29. The zero-order chi connectivity index (χ0) is 13.5. The number of imidazole rings is 1. The maximum Gasteiger partial charge on any atom is 0.226 e. The van der Waals surface area contributed by atoms with Gasteiger partial charge in [0.15, 0.2) is 17.0 Å². The summed E-state index contributed by atoms with van der Waals surface area (Å²) in [5.41, 5.74) is 1.68. The summed E-state index contributed by atoms with van der Waals surface area (Å²) < 4.78 is 2.15. The van der Waals surface area contributed by atoms with Crippen LogP contribution in [0.1, 0.15) is 31.7 Å². The Morgan fingerprint density at radius 1 is 1.20 bits per heavy atom. The monoisotopic (exact) mass is 292 g/mol. The number of nitrogens with zero attached hydrogens (tertiary/aromatic N) is 4. The van der Waals surface area contributed by atoms with Gasteiger partial charge in [0, 0.05) is 12.1 Å². The van der Waals surface area contributed by atoms with Crippen molar-refractivity contribution in [2.75, 3.05) is 18.4 Å². The van der Waals surface area contributed by atoms with Crippen LogP contribution < -0.4 is 10.6 Å². The third kappa shape index (κ3) is 2.23. The van der Waals surface area contributed by atoms with Gasteiger partial charge in [0.2, 0.25) is 5.28 Å². The number of hydrogen-bond acceptors (Lipinski definition) is 5. The molecule has 106 valence electrons. The van der Waals surface area contributed by atoms with Crippen LogP contribution in [0.2, 0.25) is 5.28 Å². The van der Waals surface area contributed by atoms with Crippen molar-refractivity contribution in [3.8, 4) is 0 Å². The molecule has 2 aromatic heterocycles. The summed E-state index contributed by atoms with van der Waals surface area (Å²) in [6, 6.07) is 0.967. The van der Waals surface area contributed by atoms with E-state index in [0.717, 1.165) is 42.9 Å². The maximum atomic E-state index is 6.08. The SMILES string of the molecule is Clc1nc(NC2CC2)c2ncn(C3CCNCC3)c2n1. The van der Waals surface area contributed by atoms with Gasteiger partial charge in [0.25, 0.3) is 0 Å². The largest absolute Gasteiger partial charge is 0.365 e. The third-order valence-corrected chi connectivity index (χ3v) is 4.18. The van der Waals surface area contributed by atoms with Crippen molar-refractivity contribution in [2.24, 2.45) is 0 Å². The quantitative estimate of drug-likeness (QED) is 0.847. The van der Waals surface area contributed by atoms with Crippen molar-refractivity contribution in [1.82, 2.24) is 24.8 Å². The minimum atomic E-state index is 0.288. The van der Waals surface area contributed by atoms with E-state index in [-0.39, 0.29) is 5.28 Å². The summed E-state index contributed by atoms with van der Waals surface area (Å²) in [5.74, 6) is 0.773. The van der Waals surface area contributed by atoms with Gasteiger partial charge in [-0.15, -0.1) is 0 Å². The zero-order valence-corrected chi connectivity index (χ0v) is 11.9. The number of rotatable bonds is 3. The lowest BCUT2D eigenvalue weighted by atomic mass is 10.1. The summed E-state index contributed by atoms with van der Waals surface area (Å²) >= 11 is 6.08. The maximum absolute atomic E-state index is 6.08. The Labute approximate surface area is 122 Å². The van der Waals surface area contributed by atoms with E-state index in [9.17, 15) is 0 Å². The van der Waals surface area contributed by atoms with E-state index in [4.69, 9.17) is 11.6 Å². The number of fused-ring (bicyclic) bond motifs is 1. The second-order valence-corrected chi connectivity index (χ2v) is 5.90. The first-order valence-corrected chi connectivity index (χ1v) is 7.56. The fourth-order valence-corrected chi connectivity index (χ4v) is 2.93. The highest BCUT2D eigenvalue weighted by Crippen LogP contribution is 2.30. The van der Waals surface area contributed by atoms with Crippen LogP contribution in [0.3, 0.4) is 0 Å². The number of hydrogen-bond donors (Lipinski definition) is 2. The number of halogens is 1. The fraction of sp³-hybridized carbons (Fsp3) is 0.615. The second-order valence-electron chi connectivity index (χ2n) is 5.57. The van der Waals surface area contributed by atoms with Crippen molar-refractivity contribution in [3.05, 3.63) is 11.6 Å². The Balaban J connectivity index is 1.76. The Kier molecular flexibility index (Phi) is 3.00. The molecule has 0 spiro atoms. The molecule has 4 rings (SSSR count). The van der Waals surface area contributed by atoms with Crippen molar-refractivity contribution >= 4 is 28.6 Å². The van der Waals surface area contributed by atoms with Crippen LogP contribution in [-0.4, -0.2) is 38.7 Å². The standard InChI is InChI=1S/C13H17ClN6/c14-13-18-11(17-8-1-2-8)10-12(19-13)20(7-16-10)9-3-5-15-6-4-9/h7-9,15H,1-6H2,(H,17,18,19). The number of anilines is 1. The molecular formula is C13H17ClN6. The molecule has 0 aromatic carbocycles. The molecule has 7 heteroatoms. The second kappa shape index (κ2) is 4.86. The number of nitrogens with one attached hydrogen (secondary N) is 2. The van der Waals surface area contributed by atoms with Gasteiger partial charge >= 0.3 is 0 Å². The third-order valence-electron chi connectivity index (χ3n) is 4.01. The molecule has 0 bridgehead atoms. The van der Waals surface area contributed by atoms with Crippen molar-refractivity contribution in [2.45, 2.75) is 37.8 Å². The normalized spacial score (nSPS) is 20.4. The summed E-state index contributed by atoms with van der Waals surface area (Å²) in [7, 11) is 0. The van der Waals surface area contributed by atoms with E-state index in [2.05, 4.69) is 30.2 Å². The molecule has 1 saturated carbocycles. The van der Waals surface area contributed by atoms with Crippen molar-refractivity contribution in [3.63, 3.8) is 0 Å². The van der Waals surface area contributed by atoms with E-state index < -0.39 is 0 Å². The molecule has 0 atom stereocenters. The average molecular weight is 293 g/mol. The molecule has 0 unspecified atom stereocenters. The van der Waals surface area contributed by atoms with Gasteiger partial charge < -0.3 is 15.2 Å². The van der Waals surface area contributed by atoms with Gasteiger partial charge in [0.05, 0.1) is 6.33 Å². The first kappa shape index (κ1) is 12.3. The van der Waals surface area contributed by atoms with Crippen molar-refractivity contribution in [1.29, 1.82) is 0 Å². The Hall–Kier alpha value is -1.40. The van der Waals surface area contributed by atoms with Gasteiger partial charge in [-0.1, -0.05) is 0 Å². The predicted molar refractivity (Wildman–Crippen MR) is 78.1 cm³/mol. The summed E-state index contributed by atoms with van der Waals surface area (Å²) in [6.07, 6.45) is 6.46. The first-order valence-electron chi connectivity index (χ1n) is 7.18. The van der Waals surface area contributed by atoms with Crippen LogP contribution in [-0.2, 0) is 0 Å². The highest BCUT2D eigenvalue weighted by atomic mass is 35.5. The molecule has 2 fully saturated rings. The van der Waals surface area contributed by atoms with E-state index in [1.54, 1.807) is 0 Å². The highest BCUT2D eigenvalue weighted by Gasteiger charge is 2.25. The minimum absolute atomic E-state index is 0.288. The molecule has 2 aromatic rings. The van der Waals surface area contributed by atoms with Gasteiger partial charge in [-0.2, -0.15) is 9.97 Å². The summed E-state index contributed by atoms with van der Waals surface area (Å²) in [5, 5.41) is 7.06. The molecule has 20 heavy (non-hydrogen) atoms. The molecule has 2 N–H and O–H groups in total. The van der Waals surface area contributed by atoms with Gasteiger partial charge in [0.1, 0.15) is 0 Å². The van der Waals surface area contributed by atoms with Gasteiger partial charge in [-0.05, 0) is 50.4 Å². The molecule has 2 aliphatic rings. The topological polar surface area (TPSA) is 67.7 Å². The molecule has 6 nitrogen and oxygen atoms in total. The fourth-order valence-electron chi connectivity index (χ4n) is 2.76. The lowest BCUT2D eigenvalue weighted by Gasteiger charge is -2.24. The molecule has 0 amide bonds. The van der Waals surface area contributed by atoms with Crippen LogP contribution in [0.25, 0.3) is 11.2 Å². The van der Waals surface area contributed by atoms with Gasteiger partial charge in [-0.3, -0.25) is 0 Å². The Bertz CT molecular complexity index is 629.